The first kappa shape index (κ1) is 12.7. The van der Waals surface area contributed by atoms with Crippen molar-refractivity contribution in [2.24, 2.45) is 0 Å². The molecule has 2 aromatic rings. The lowest BCUT2D eigenvalue weighted by molar-refractivity contribution is 1.02. The summed E-state index contributed by atoms with van der Waals surface area (Å²) in [5, 5.41) is 1.54. The Morgan fingerprint density at radius 1 is 0.762 bits per heavy atom. The molecule has 0 radical (unpaired) electrons. The minimum Gasteiger partial charge on any atom is -0.0619 e. The van der Waals surface area contributed by atoms with Gasteiger partial charge in [-0.1, -0.05) is 79.9 Å². The molecule has 0 unspecified atom stereocenters. The van der Waals surface area contributed by atoms with E-state index in [4.69, 9.17) is 0 Å². The van der Waals surface area contributed by atoms with Crippen molar-refractivity contribution in [3.63, 3.8) is 0 Å². The SMILES string of the molecule is C[Si](C)=C1C=CC(C2c3ccccc3-c3ccccc32)=C1. The van der Waals surface area contributed by atoms with E-state index in [1.54, 1.807) is 0 Å². The molecule has 0 bridgehead atoms. The number of hydrogen-bond acceptors (Lipinski definition) is 0. The first-order valence-corrected chi connectivity index (χ1v) is 10.0. The smallest absolute Gasteiger partial charge is 0.0352 e. The van der Waals surface area contributed by atoms with Crippen LogP contribution in [0.2, 0.25) is 13.1 Å². The third-order valence-electron chi connectivity index (χ3n) is 4.52. The highest BCUT2D eigenvalue weighted by Gasteiger charge is 2.30. The Morgan fingerprint density at radius 3 is 1.86 bits per heavy atom. The van der Waals surface area contributed by atoms with E-state index in [0.29, 0.717) is 5.92 Å². The summed E-state index contributed by atoms with van der Waals surface area (Å²) < 4.78 is 0. The van der Waals surface area contributed by atoms with E-state index < -0.39 is 0 Å². The van der Waals surface area contributed by atoms with Gasteiger partial charge in [-0.25, -0.2) is 0 Å². The van der Waals surface area contributed by atoms with E-state index in [1.165, 1.54) is 33.0 Å². The van der Waals surface area contributed by atoms with Crippen LogP contribution in [-0.4, -0.2) is 13.6 Å². The molecule has 2 aliphatic rings. The zero-order valence-corrected chi connectivity index (χ0v) is 13.4. The normalized spacial score (nSPS) is 15.9. The average molecular weight is 286 g/mol. The molecule has 0 heterocycles. The molecule has 0 aromatic heterocycles. The van der Waals surface area contributed by atoms with Crippen molar-refractivity contribution >= 4 is 13.6 Å². The molecule has 0 aliphatic heterocycles. The minimum atomic E-state index is -0.374. The van der Waals surface area contributed by atoms with Crippen molar-refractivity contribution in [3.05, 3.63) is 83.5 Å². The van der Waals surface area contributed by atoms with Gasteiger partial charge in [0.25, 0.3) is 0 Å². The molecule has 0 saturated heterocycles. The standard InChI is InChI=1S/C20H18Si/c1-21(2)15-12-11-14(13-15)20-18-9-5-3-7-16(18)17-8-4-6-10-19(17)20/h3-13,20H,1-2H3. The number of rotatable bonds is 1. The Labute approximate surface area is 127 Å². The highest BCUT2D eigenvalue weighted by atomic mass is 28.2. The van der Waals surface area contributed by atoms with Crippen molar-refractivity contribution in [1.29, 1.82) is 0 Å². The summed E-state index contributed by atoms with van der Waals surface area (Å²) in [7, 11) is -0.374. The molecule has 0 atom stereocenters. The van der Waals surface area contributed by atoms with Crippen LogP contribution in [0.4, 0.5) is 0 Å². The van der Waals surface area contributed by atoms with Gasteiger partial charge in [-0.2, -0.15) is 0 Å². The molecule has 2 aromatic carbocycles. The van der Waals surface area contributed by atoms with E-state index in [2.05, 4.69) is 79.9 Å². The van der Waals surface area contributed by atoms with Gasteiger partial charge in [0.05, 0.1) is 0 Å². The maximum Gasteiger partial charge on any atom is 0.0352 e. The lowest BCUT2D eigenvalue weighted by Gasteiger charge is -2.13. The first-order valence-electron chi connectivity index (χ1n) is 7.51. The topological polar surface area (TPSA) is 0 Å². The van der Waals surface area contributed by atoms with Gasteiger partial charge in [-0.15, -0.1) is 0 Å². The van der Waals surface area contributed by atoms with Crippen LogP contribution in [0.3, 0.4) is 0 Å². The third kappa shape index (κ3) is 1.92. The Bertz CT molecular complexity index is 772. The van der Waals surface area contributed by atoms with E-state index in [0.717, 1.165) is 0 Å². The van der Waals surface area contributed by atoms with Crippen LogP contribution in [0.25, 0.3) is 11.1 Å². The van der Waals surface area contributed by atoms with E-state index in [-0.39, 0.29) is 8.41 Å². The van der Waals surface area contributed by atoms with Crippen molar-refractivity contribution in [1.82, 2.24) is 0 Å². The fourth-order valence-electron chi connectivity index (χ4n) is 3.47. The number of fused-ring (bicyclic) bond motifs is 3. The zero-order chi connectivity index (χ0) is 14.4. The minimum absolute atomic E-state index is 0.374. The Balaban J connectivity index is 1.93. The maximum absolute atomic E-state index is 2.43. The molecule has 1 heteroatoms. The maximum atomic E-state index is 2.43. The predicted molar refractivity (Wildman–Crippen MR) is 93.4 cm³/mol. The molecular formula is C20H18Si. The molecule has 0 amide bonds. The summed E-state index contributed by atoms with van der Waals surface area (Å²) in [6.45, 7) is 4.72. The Kier molecular flexibility index (Phi) is 2.90. The van der Waals surface area contributed by atoms with Gasteiger partial charge in [0, 0.05) is 14.3 Å². The van der Waals surface area contributed by atoms with Crippen LogP contribution in [-0.2, 0) is 0 Å². The van der Waals surface area contributed by atoms with Crippen molar-refractivity contribution in [3.8, 4) is 11.1 Å². The molecule has 4 rings (SSSR count). The highest BCUT2D eigenvalue weighted by molar-refractivity contribution is 6.73. The largest absolute Gasteiger partial charge is 0.0619 e. The van der Waals surface area contributed by atoms with Crippen LogP contribution in [0, 0.1) is 0 Å². The van der Waals surface area contributed by atoms with Gasteiger partial charge in [0.1, 0.15) is 0 Å². The van der Waals surface area contributed by atoms with E-state index in [1.807, 2.05) is 0 Å². The van der Waals surface area contributed by atoms with Crippen LogP contribution < -0.4 is 0 Å². The van der Waals surface area contributed by atoms with Crippen LogP contribution in [0.1, 0.15) is 17.0 Å². The van der Waals surface area contributed by atoms with Gasteiger partial charge in [-0.3, -0.25) is 0 Å². The van der Waals surface area contributed by atoms with Gasteiger partial charge in [0.15, 0.2) is 0 Å². The molecule has 0 saturated carbocycles. The summed E-state index contributed by atoms with van der Waals surface area (Å²) in [4.78, 5) is 0. The lowest BCUT2D eigenvalue weighted by Crippen LogP contribution is -2.02. The molecule has 0 fully saturated rings. The van der Waals surface area contributed by atoms with Crippen LogP contribution >= 0.6 is 0 Å². The number of benzene rings is 2. The lowest BCUT2D eigenvalue weighted by atomic mass is 9.90. The fraction of sp³-hybridized carbons (Fsp3) is 0.150. The molecule has 0 N–H and O–H groups in total. The Hall–Kier alpha value is -1.99. The van der Waals surface area contributed by atoms with Gasteiger partial charge in [0.2, 0.25) is 0 Å². The third-order valence-corrected chi connectivity index (χ3v) is 5.99. The van der Waals surface area contributed by atoms with Gasteiger partial charge in [-0.05, 0) is 33.0 Å². The molecule has 21 heavy (non-hydrogen) atoms. The average Bonchev–Trinajstić information content (AvgIpc) is 3.09. The molecule has 0 nitrogen and oxygen atoms in total. The predicted octanol–water partition coefficient (Wildman–Crippen LogP) is 4.80. The van der Waals surface area contributed by atoms with E-state index in [9.17, 15) is 0 Å². The monoisotopic (exact) mass is 286 g/mol. The highest BCUT2D eigenvalue weighted by Crippen LogP contribution is 2.48. The number of hydrogen-bond donors (Lipinski definition) is 0. The van der Waals surface area contributed by atoms with Gasteiger partial charge < -0.3 is 0 Å². The molecule has 2 aliphatic carbocycles. The zero-order valence-electron chi connectivity index (χ0n) is 12.4. The molecule has 0 spiro atoms. The Morgan fingerprint density at radius 2 is 1.33 bits per heavy atom. The molecule has 102 valence electrons. The summed E-state index contributed by atoms with van der Waals surface area (Å²) in [6, 6.07) is 17.7. The van der Waals surface area contributed by atoms with Gasteiger partial charge >= 0.3 is 0 Å². The van der Waals surface area contributed by atoms with Crippen molar-refractivity contribution in [2.45, 2.75) is 19.0 Å². The second-order valence-corrected chi connectivity index (χ2v) is 8.62. The summed E-state index contributed by atoms with van der Waals surface area (Å²) in [5.74, 6) is 0.410. The van der Waals surface area contributed by atoms with Crippen molar-refractivity contribution < 1.29 is 0 Å². The summed E-state index contributed by atoms with van der Waals surface area (Å²) >= 11 is 0. The quantitative estimate of drug-likeness (QED) is 0.660. The summed E-state index contributed by atoms with van der Waals surface area (Å²) in [6.07, 6.45) is 7.08. The second kappa shape index (κ2) is 4.78. The second-order valence-electron chi connectivity index (χ2n) is 6.04. The van der Waals surface area contributed by atoms with Crippen LogP contribution in [0.15, 0.2) is 72.3 Å². The number of allylic oxidation sites excluding steroid dienone is 4. The van der Waals surface area contributed by atoms with Crippen molar-refractivity contribution in [2.75, 3.05) is 0 Å². The summed E-state index contributed by atoms with van der Waals surface area (Å²) in [5.41, 5.74) is 7.17. The van der Waals surface area contributed by atoms with E-state index >= 15 is 0 Å². The first-order chi connectivity index (χ1) is 10.3. The van der Waals surface area contributed by atoms with Crippen LogP contribution in [0.5, 0.6) is 0 Å². The fourth-order valence-corrected chi connectivity index (χ4v) is 4.34. The molecular weight excluding hydrogens is 268 g/mol.